The molecule has 0 amide bonds. The van der Waals surface area contributed by atoms with Gasteiger partial charge < -0.3 is 0 Å². The van der Waals surface area contributed by atoms with Gasteiger partial charge in [-0.2, -0.15) is 22.0 Å². The summed E-state index contributed by atoms with van der Waals surface area (Å²) in [4.78, 5) is 29.3. The van der Waals surface area contributed by atoms with Crippen LogP contribution in [-0.2, 0) is 37.9 Å². The Morgan fingerprint density at radius 1 is 0.325 bits per heavy atom. The van der Waals surface area contributed by atoms with E-state index in [4.69, 9.17) is 0 Å². The maximum atomic E-state index is 13.0. The summed E-state index contributed by atoms with van der Waals surface area (Å²) in [5, 5.41) is 0. The SMILES string of the molecule is CC(C)(C)c1cc([18F])ccn1.CC(C)(C)c1ccc([18F])nc1.CC(C)(C)c1cccc([18F])n1.CC(C)(C)c1cccnc1[18F].CC(C)(C)c1ccnc([18F])c1.CC(C)(C)c1cnc([18F])nc1.CC(C)(C)c1cnccc1[18F]. The molecule has 0 aliphatic rings. The van der Waals surface area contributed by atoms with E-state index in [9.17, 15) is 30.7 Å². The molecule has 77 heavy (non-hydrogen) atoms. The lowest BCUT2D eigenvalue weighted by atomic mass is 9.88. The van der Waals surface area contributed by atoms with Gasteiger partial charge in [-0.05, 0) is 98.4 Å². The predicted molar refractivity (Wildman–Crippen MR) is 298 cm³/mol. The van der Waals surface area contributed by atoms with Crippen LogP contribution >= 0.6 is 0 Å². The predicted octanol–water partition coefficient (Wildman–Crippen LogP) is 17.0. The third-order valence-electron chi connectivity index (χ3n) is 10.8. The average Bonchev–Trinajstić information content (AvgIpc) is 3.29. The molecule has 7 rings (SSSR count). The minimum absolute atomic E-state index is 0.00375. The van der Waals surface area contributed by atoms with Gasteiger partial charge in [0.25, 0.3) is 0 Å². The van der Waals surface area contributed by atoms with E-state index in [0.29, 0.717) is 11.1 Å². The summed E-state index contributed by atoms with van der Waals surface area (Å²) in [7, 11) is 0. The van der Waals surface area contributed by atoms with Crippen molar-refractivity contribution in [1.82, 2.24) is 39.9 Å². The van der Waals surface area contributed by atoms with E-state index in [0.717, 1.165) is 28.1 Å². The van der Waals surface area contributed by atoms with Gasteiger partial charge in [-0.1, -0.05) is 164 Å². The average molecular weight is 1070 g/mol. The van der Waals surface area contributed by atoms with Crippen molar-refractivity contribution in [1.29, 1.82) is 0 Å². The fourth-order valence-corrected chi connectivity index (χ4v) is 5.90. The second-order valence-electron chi connectivity index (χ2n) is 25.1. The van der Waals surface area contributed by atoms with Gasteiger partial charge >= 0.3 is 6.08 Å². The zero-order valence-electron chi connectivity index (χ0n) is 49.3. The van der Waals surface area contributed by atoms with Crippen LogP contribution in [0.3, 0.4) is 0 Å². The molecular formula is C62H83F7N8. The first kappa shape index (κ1) is 68.5. The maximum absolute atomic E-state index is 13.0. The van der Waals surface area contributed by atoms with Gasteiger partial charge in [0.1, 0.15) is 11.6 Å². The molecule has 0 saturated heterocycles. The van der Waals surface area contributed by atoms with Crippen LogP contribution in [0.15, 0.2) is 122 Å². The molecule has 7 aromatic heterocycles. The summed E-state index contributed by atoms with van der Waals surface area (Å²) < 4.78 is 88.5. The Bertz CT molecular complexity index is 2570. The van der Waals surface area contributed by atoms with E-state index in [-0.39, 0.29) is 55.5 Å². The third-order valence-corrected chi connectivity index (χ3v) is 10.8. The Balaban J connectivity index is 0.000000449. The molecule has 7 aromatic rings. The van der Waals surface area contributed by atoms with Crippen LogP contribution in [0.5, 0.6) is 0 Å². The first-order valence-electron chi connectivity index (χ1n) is 25.2. The van der Waals surface area contributed by atoms with E-state index in [1.165, 1.54) is 73.6 Å². The van der Waals surface area contributed by atoms with E-state index in [2.05, 4.69) is 60.6 Å². The number of nitrogens with zero attached hydrogens (tertiary/aromatic N) is 8. The Hall–Kier alpha value is -6.51. The minimum Gasteiger partial charge on any atom is -0.264 e. The van der Waals surface area contributed by atoms with E-state index in [1.807, 2.05) is 137 Å². The smallest absolute Gasteiger partial charge is 0.264 e. The number of hydrogen-bond donors (Lipinski definition) is 0. The molecule has 8 nitrogen and oxygen atoms in total. The second kappa shape index (κ2) is 29.3. The van der Waals surface area contributed by atoms with E-state index < -0.39 is 23.9 Å². The van der Waals surface area contributed by atoms with Crippen LogP contribution in [0.25, 0.3) is 0 Å². The topological polar surface area (TPSA) is 103 Å². The van der Waals surface area contributed by atoms with Gasteiger partial charge in [-0.15, -0.1) is 0 Å². The Kier molecular flexibility index (Phi) is 26.1. The van der Waals surface area contributed by atoms with Gasteiger partial charge in [-0.3, -0.25) is 9.97 Å². The second-order valence-corrected chi connectivity index (χ2v) is 25.1. The monoisotopic (exact) mass is 1070 g/mol. The standard InChI is InChI=1S/6C9H12FN.C8H11FN2/c1-9(2,3)7-6-11-5-4-8(7)10;1-9(2,3)8-6-7(10)4-5-11-8;1-9(2,3)7-4-5-11-8(10)6-7;1-9(2,3)7-4-5-8(10)11-6-7;1-9(2,3)7-5-4-6-11-8(7)10;1-9(2,3)7-5-4-6-8(10)11-7;1-8(2,3)6-4-10-7(9)11-5-6/h6*4-6H,1-3H3;4-5H,1-3H3/i6*10-1;9-1. The quantitative estimate of drug-likeness (QED) is 0.0841. The lowest BCUT2D eigenvalue weighted by Crippen LogP contribution is -2.14. The van der Waals surface area contributed by atoms with E-state index in [1.54, 1.807) is 36.7 Å². The maximum Gasteiger partial charge on any atom is 0.308 e. The molecule has 0 aliphatic carbocycles. The van der Waals surface area contributed by atoms with Crippen LogP contribution in [0, 0.1) is 41.5 Å². The number of halogens is 7. The first-order valence-corrected chi connectivity index (χ1v) is 25.2. The van der Waals surface area contributed by atoms with E-state index >= 15 is 0 Å². The van der Waals surface area contributed by atoms with Crippen molar-refractivity contribution in [2.24, 2.45) is 0 Å². The number of pyridine rings is 6. The molecule has 0 spiro atoms. The minimum atomic E-state index is -0.669. The Morgan fingerprint density at radius 2 is 0.857 bits per heavy atom. The molecule has 0 unspecified atom stereocenters. The number of hydrogen-bond acceptors (Lipinski definition) is 8. The van der Waals surface area contributed by atoms with Gasteiger partial charge in [-0.25, -0.2) is 38.7 Å². The number of rotatable bonds is 0. The summed E-state index contributed by atoms with van der Waals surface area (Å²) in [6.45, 7) is 42.3. The summed E-state index contributed by atoms with van der Waals surface area (Å²) in [6, 6.07) is 19.1. The van der Waals surface area contributed by atoms with Crippen LogP contribution in [0.4, 0.5) is 30.7 Å². The van der Waals surface area contributed by atoms with Crippen molar-refractivity contribution >= 4 is 0 Å². The van der Waals surface area contributed by atoms with Crippen molar-refractivity contribution in [3.63, 3.8) is 0 Å². The lowest BCUT2D eigenvalue weighted by molar-refractivity contribution is 0.499. The molecule has 7 heterocycles. The van der Waals surface area contributed by atoms with Gasteiger partial charge in [0.05, 0.1) is 0 Å². The zero-order valence-corrected chi connectivity index (χ0v) is 49.3. The molecule has 15 heteroatoms. The molecule has 0 aromatic carbocycles. The molecule has 0 atom stereocenters. The summed E-state index contributed by atoms with van der Waals surface area (Å²) in [5.41, 5.74) is 5.50. The van der Waals surface area contributed by atoms with Gasteiger partial charge in [0.15, 0.2) is 0 Å². The van der Waals surface area contributed by atoms with Crippen molar-refractivity contribution in [3.8, 4) is 0 Å². The van der Waals surface area contributed by atoms with Gasteiger partial charge in [0, 0.05) is 82.9 Å². The highest BCUT2D eigenvalue weighted by Gasteiger charge is 2.20. The van der Waals surface area contributed by atoms with Crippen LogP contribution < -0.4 is 0 Å². The fourth-order valence-electron chi connectivity index (χ4n) is 5.90. The normalized spacial score (nSPS) is 11.6. The van der Waals surface area contributed by atoms with Crippen LogP contribution in [0.1, 0.15) is 185 Å². The number of aromatic nitrogens is 8. The zero-order chi connectivity index (χ0) is 59.4. The molecule has 0 fully saturated rings. The Morgan fingerprint density at radius 3 is 1.22 bits per heavy atom. The van der Waals surface area contributed by atoms with Gasteiger partial charge in [0.2, 0.25) is 23.8 Å². The van der Waals surface area contributed by atoms with Crippen molar-refractivity contribution in [3.05, 3.63) is 203 Å². The largest absolute Gasteiger partial charge is 0.308 e. The molecule has 0 bridgehead atoms. The highest BCUT2D eigenvalue weighted by molar-refractivity contribution is 5.23. The molecule has 0 saturated carbocycles. The fraction of sp³-hybridized carbons (Fsp3) is 0.452. The first-order chi connectivity index (χ1) is 35.0. The molecule has 0 radical (unpaired) electrons. The molecule has 0 N–H and O–H groups in total. The van der Waals surface area contributed by atoms with Crippen LogP contribution in [-0.4, -0.2) is 39.9 Å². The Labute approximate surface area is 455 Å². The highest BCUT2D eigenvalue weighted by atomic mass is 18.2. The van der Waals surface area contributed by atoms with Crippen molar-refractivity contribution < 1.29 is 30.7 Å². The molecular weight excluding hydrogens is 983 g/mol. The molecule has 420 valence electrons. The summed E-state index contributed by atoms with van der Waals surface area (Å²) in [6.07, 6.45) is 11.4. The summed E-state index contributed by atoms with van der Waals surface area (Å²) in [5.74, 6) is -1.98. The highest BCUT2D eigenvalue weighted by Crippen LogP contribution is 2.26. The molecule has 0 aliphatic heterocycles. The van der Waals surface area contributed by atoms with Crippen LogP contribution in [0.2, 0.25) is 0 Å². The lowest BCUT2D eigenvalue weighted by Gasteiger charge is -2.18. The van der Waals surface area contributed by atoms with Crippen molar-refractivity contribution in [2.75, 3.05) is 0 Å². The third kappa shape index (κ3) is 27.4. The van der Waals surface area contributed by atoms with Crippen molar-refractivity contribution in [2.45, 2.75) is 183 Å². The summed E-state index contributed by atoms with van der Waals surface area (Å²) >= 11 is 0.